The Morgan fingerprint density at radius 3 is 2.18 bits per heavy atom. The molecule has 2 aromatic rings. The molecule has 0 aliphatic heterocycles. The summed E-state index contributed by atoms with van der Waals surface area (Å²) < 4.78 is 30.4. The summed E-state index contributed by atoms with van der Waals surface area (Å²) in [5, 5.41) is 11.6. The third-order valence-corrected chi connectivity index (χ3v) is 6.84. The zero-order valence-corrected chi connectivity index (χ0v) is 18.3. The molecule has 0 spiro atoms. The monoisotopic (exact) mass is 407 g/mol. The van der Waals surface area contributed by atoms with Crippen LogP contribution in [0.2, 0.25) is 0 Å². The highest BCUT2D eigenvalue weighted by molar-refractivity contribution is 7.67. The van der Waals surface area contributed by atoms with Gasteiger partial charge in [0.1, 0.15) is 11.5 Å². The van der Waals surface area contributed by atoms with Crippen LogP contribution >= 0.6 is 7.37 Å². The molecule has 0 aromatic heterocycles. The normalized spacial score (nSPS) is 14.4. The number of ether oxygens (including phenoxy) is 2. The molecular formula is C21H30NO5P. The third-order valence-electron chi connectivity index (χ3n) is 4.37. The summed E-state index contributed by atoms with van der Waals surface area (Å²) in [6.07, 6.45) is 0. The van der Waals surface area contributed by atoms with Crippen molar-refractivity contribution in [3.8, 4) is 11.5 Å². The fourth-order valence-corrected chi connectivity index (χ4v) is 4.96. The molecule has 2 aromatic carbocycles. The van der Waals surface area contributed by atoms with Crippen LogP contribution in [0.15, 0.2) is 42.5 Å². The second-order valence-corrected chi connectivity index (χ2v) is 9.64. The Bertz CT molecular complexity index is 820. The second-order valence-electron chi connectivity index (χ2n) is 7.18. The molecule has 0 bridgehead atoms. The number of benzene rings is 2. The Balaban J connectivity index is 2.51. The van der Waals surface area contributed by atoms with E-state index in [1.807, 2.05) is 45.0 Å². The van der Waals surface area contributed by atoms with Crippen molar-refractivity contribution in [1.29, 1.82) is 0 Å². The number of anilines is 1. The first-order valence-electron chi connectivity index (χ1n) is 9.15. The van der Waals surface area contributed by atoms with Gasteiger partial charge in [0.05, 0.1) is 20.8 Å². The van der Waals surface area contributed by atoms with E-state index in [1.54, 1.807) is 37.4 Å². The Kier molecular flexibility index (Phi) is 7.53. The van der Waals surface area contributed by atoms with Crippen LogP contribution in [-0.4, -0.2) is 40.0 Å². The predicted molar refractivity (Wildman–Crippen MR) is 113 cm³/mol. The number of rotatable bonds is 9. The Labute approximate surface area is 167 Å². The molecule has 0 saturated heterocycles. The van der Waals surface area contributed by atoms with Crippen LogP contribution in [0.4, 0.5) is 5.69 Å². The fraction of sp³-hybridized carbons (Fsp3) is 0.429. The van der Waals surface area contributed by atoms with Crippen LogP contribution in [0, 0.1) is 5.92 Å². The SMILES string of the molecule is COc1ccc([C@@H](O)[P@](=O)(OCC(C)C)c2ccc(N(C)C)cc2)c(OC)c1. The average Bonchev–Trinajstić information content (AvgIpc) is 2.70. The molecule has 0 amide bonds. The lowest BCUT2D eigenvalue weighted by atomic mass is 10.2. The molecule has 2 atom stereocenters. The molecule has 0 fully saturated rings. The van der Waals surface area contributed by atoms with Crippen molar-refractivity contribution in [3.05, 3.63) is 48.0 Å². The van der Waals surface area contributed by atoms with Crippen LogP contribution in [-0.2, 0) is 9.09 Å². The zero-order valence-electron chi connectivity index (χ0n) is 17.4. The molecule has 0 aliphatic rings. The van der Waals surface area contributed by atoms with Gasteiger partial charge in [-0.15, -0.1) is 0 Å². The smallest absolute Gasteiger partial charge is 0.264 e. The predicted octanol–water partition coefficient (Wildman–Crippen LogP) is 4.04. The highest BCUT2D eigenvalue weighted by Gasteiger charge is 2.38. The molecule has 154 valence electrons. The van der Waals surface area contributed by atoms with Crippen molar-refractivity contribution in [3.63, 3.8) is 0 Å². The summed E-state index contributed by atoms with van der Waals surface area (Å²) in [6, 6.07) is 12.2. The molecule has 1 N–H and O–H groups in total. The van der Waals surface area contributed by atoms with Gasteiger partial charge in [-0.1, -0.05) is 13.8 Å². The Morgan fingerprint density at radius 2 is 1.68 bits per heavy atom. The van der Waals surface area contributed by atoms with Gasteiger partial charge < -0.3 is 24.0 Å². The summed E-state index contributed by atoms with van der Waals surface area (Å²) in [6.45, 7) is 4.21. The maximum Gasteiger partial charge on any atom is 0.264 e. The quantitative estimate of drug-likeness (QED) is 0.633. The van der Waals surface area contributed by atoms with Gasteiger partial charge in [-0.3, -0.25) is 4.57 Å². The van der Waals surface area contributed by atoms with Gasteiger partial charge in [0, 0.05) is 36.7 Å². The number of hydrogen-bond donors (Lipinski definition) is 1. The summed E-state index contributed by atoms with van der Waals surface area (Å²) in [7, 11) is 3.27. The molecule has 0 unspecified atom stereocenters. The maximum absolute atomic E-state index is 14.0. The molecular weight excluding hydrogens is 377 g/mol. The van der Waals surface area contributed by atoms with Crippen molar-refractivity contribution >= 4 is 18.4 Å². The number of hydrogen-bond acceptors (Lipinski definition) is 6. The van der Waals surface area contributed by atoms with E-state index in [9.17, 15) is 9.67 Å². The molecule has 2 rings (SSSR count). The van der Waals surface area contributed by atoms with E-state index in [2.05, 4.69) is 0 Å². The third kappa shape index (κ3) is 4.88. The number of aliphatic hydroxyl groups excluding tert-OH is 1. The minimum Gasteiger partial charge on any atom is -0.497 e. The second kappa shape index (κ2) is 9.46. The van der Waals surface area contributed by atoms with E-state index < -0.39 is 13.2 Å². The van der Waals surface area contributed by atoms with E-state index in [1.165, 1.54) is 7.11 Å². The highest BCUT2D eigenvalue weighted by atomic mass is 31.2. The summed E-state index contributed by atoms with van der Waals surface area (Å²) in [5.41, 5.74) is 1.36. The first kappa shape index (κ1) is 22.3. The van der Waals surface area contributed by atoms with E-state index in [-0.39, 0.29) is 12.5 Å². The van der Waals surface area contributed by atoms with Crippen LogP contribution in [0.1, 0.15) is 25.3 Å². The lowest BCUT2D eigenvalue weighted by Gasteiger charge is -2.27. The van der Waals surface area contributed by atoms with Crippen molar-refractivity contribution in [2.75, 3.05) is 39.8 Å². The maximum atomic E-state index is 14.0. The van der Waals surface area contributed by atoms with Crippen LogP contribution in [0.3, 0.4) is 0 Å². The van der Waals surface area contributed by atoms with Gasteiger partial charge in [-0.2, -0.15) is 0 Å². The molecule has 6 nitrogen and oxygen atoms in total. The average molecular weight is 407 g/mol. The van der Waals surface area contributed by atoms with Crippen LogP contribution < -0.4 is 19.7 Å². The topological polar surface area (TPSA) is 68.2 Å². The van der Waals surface area contributed by atoms with Crippen LogP contribution in [0.25, 0.3) is 0 Å². The molecule has 28 heavy (non-hydrogen) atoms. The van der Waals surface area contributed by atoms with Gasteiger partial charge >= 0.3 is 0 Å². The fourth-order valence-electron chi connectivity index (χ4n) is 2.72. The number of nitrogens with zero attached hydrogens (tertiary/aromatic N) is 1. The molecule has 0 heterocycles. The standard InChI is InChI=1S/C21H30NO5P/c1-15(2)14-27-28(24,18-10-7-16(8-11-18)22(3)4)21(23)19-12-9-17(25-5)13-20(19)26-6/h7-13,15,21,23H,14H2,1-6H3/t21-,28+/m0/s1. The first-order chi connectivity index (χ1) is 13.2. The van der Waals surface area contributed by atoms with Crippen molar-refractivity contribution in [2.45, 2.75) is 19.7 Å². The van der Waals surface area contributed by atoms with Gasteiger partial charge in [0.2, 0.25) is 0 Å². The largest absolute Gasteiger partial charge is 0.497 e. The number of aliphatic hydroxyl groups is 1. The highest BCUT2D eigenvalue weighted by Crippen LogP contribution is 2.59. The minimum absolute atomic E-state index is 0.166. The summed E-state index contributed by atoms with van der Waals surface area (Å²) in [5.74, 6) is -0.220. The van der Waals surface area contributed by atoms with E-state index in [0.29, 0.717) is 22.4 Å². The lowest BCUT2D eigenvalue weighted by molar-refractivity contribution is 0.199. The van der Waals surface area contributed by atoms with Gasteiger partial charge in [0.25, 0.3) is 7.37 Å². The van der Waals surface area contributed by atoms with E-state index in [0.717, 1.165) is 5.69 Å². The van der Waals surface area contributed by atoms with Crippen molar-refractivity contribution in [1.82, 2.24) is 0 Å². The van der Waals surface area contributed by atoms with Gasteiger partial charge in [-0.25, -0.2) is 0 Å². The molecule has 0 saturated carbocycles. The Hall–Kier alpha value is -2.01. The van der Waals surface area contributed by atoms with Crippen molar-refractivity contribution in [2.24, 2.45) is 5.92 Å². The summed E-state index contributed by atoms with van der Waals surface area (Å²) >= 11 is 0. The Morgan fingerprint density at radius 1 is 1.04 bits per heavy atom. The van der Waals surface area contributed by atoms with Crippen molar-refractivity contribution < 1.29 is 23.7 Å². The van der Waals surface area contributed by atoms with Crippen LogP contribution in [0.5, 0.6) is 11.5 Å². The van der Waals surface area contributed by atoms with Gasteiger partial charge in [0.15, 0.2) is 5.85 Å². The molecule has 0 radical (unpaired) electrons. The summed E-state index contributed by atoms with van der Waals surface area (Å²) in [4.78, 5) is 1.95. The molecule has 0 aliphatic carbocycles. The van der Waals surface area contributed by atoms with Gasteiger partial charge in [-0.05, 0) is 42.3 Å². The van der Waals surface area contributed by atoms with E-state index >= 15 is 0 Å². The minimum atomic E-state index is -3.64. The lowest BCUT2D eigenvalue weighted by Crippen LogP contribution is -2.18. The zero-order chi connectivity index (χ0) is 20.9. The molecule has 7 heteroatoms. The van der Waals surface area contributed by atoms with E-state index in [4.69, 9.17) is 14.0 Å². The first-order valence-corrected chi connectivity index (χ1v) is 10.8. The number of methoxy groups -OCH3 is 2.